The van der Waals surface area contributed by atoms with Gasteiger partial charge in [-0.05, 0) is 6.07 Å². The second-order valence-corrected chi connectivity index (χ2v) is 6.22. The van der Waals surface area contributed by atoms with Gasteiger partial charge in [0.25, 0.3) is 0 Å². The van der Waals surface area contributed by atoms with Crippen LogP contribution in [-0.4, -0.2) is 58.8 Å². The van der Waals surface area contributed by atoms with Crippen LogP contribution in [0.5, 0.6) is 0 Å². The summed E-state index contributed by atoms with van der Waals surface area (Å²) >= 11 is 0. The molecule has 0 amide bonds. The summed E-state index contributed by atoms with van der Waals surface area (Å²) in [6, 6.07) is 1.23. The van der Waals surface area contributed by atoms with Gasteiger partial charge in [-0.1, -0.05) is 0 Å². The van der Waals surface area contributed by atoms with E-state index in [1.54, 1.807) is 0 Å². The Hall–Kier alpha value is -1.33. The minimum atomic E-state index is -4.97. The van der Waals surface area contributed by atoms with E-state index in [1.165, 1.54) is 6.07 Å². The monoisotopic (exact) mass is 323 g/mol. The zero-order chi connectivity index (χ0) is 15.9. The minimum Gasteiger partial charge on any atom is -0.387 e. The van der Waals surface area contributed by atoms with E-state index in [9.17, 15) is 24.7 Å². The number of nitrogens with two attached hydrogens (primary N) is 1. The van der Waals surface area contributed by atoms with Crippen molar-refractivity contribution in [1.82, 2.24) is 9.55 Å². The molecule has 11 nitrogen and oxygen atoms in total. The fourth-order valence-corrected chi connectivity index (χ4v) is 2.60. The molecule has 1 aliphatic rings. The van der Waals surface area contributed by atoms with Crippen molar-refractivity contribution in [3.05, 3.63) is 22.7 Å². The normalized spacial score (nSPS) is 31.3. The van der Waals surface area contributed by atoms with Crippen molar-refractivity contribution in [3.63, 3.8) is 0 Å². The predicted octanol–water partition coefficient (Wildman–Crippen LogP) is -3.06. The summed E-state index contributed by atoms with van der Waals surface area (Å²) in [6.45, 7) is 0. The first-order chi connectivity index (χ1) is 9.62. The van der Waals surface area contributed by atoms with Crippen molar-refractivity contribution in [2.75, 3.05) is 5.73 Å². The number of aliphatic hydroxyl groups excluding tert-OH is 3. The predicted molar refractivity (Wildman–Crippen MR) is 66.9 cm³/mol. The highest BCUT2D eigenvalue weighted by Crippen LogP contribution is 2.46. The largest absolute Gasteiger partial charge is 0.387 e. The lowest BCUT2D eigenvalue weighted by Crippen LogP contribution is -2.39. The molecule has 2 rings (SSSR count). The van der Waals surface area contributed by atoms with Crippen LogP contribution in [-0.2, 0) is 9.30 Å². The molecule has 1 aromatic rings. The number of hydrogen-bond donors (Lipinski definition) is 6. The van der Waals surface area contributed by atoms with Crippen LogP contribution in [0.15, 0.2) is 17.1 Å². The average molecular weight is 323 g/mol. The zero-order valence-corrected chi connectivity index (χ0v) is 11.3. The number of aliphatic hydroxyl groups is 3. The molecule has 5 atom stereocenters. The summed E-state index contributed by atoms with van der Waals surface area (Å²) in [5.41, 5.74) is 4.41. The van der Waals surface area contributed by atoms with E-state index < -0.39 is 43.7 Å². The van der Waals surface area contributed by atoms with Gasteiger partial charge in [0, 0.05) is 6.20 Å². The van der Waals surface area contributed by atoms with E-state index in [4.69, 9.17) is 20.3 Å². The third-order valence-corrected chi connectivity index (χ3v) is 4.02. The summed E-state index contributed by atoms with van der Waals surface area (Å²) < 4.78 is 16.8. The van der Waals surface area contributed by atoms with Crippen LogP contribution < -0.4 is 11.4 Å². The molecule has 2 heterocycles. The molecule has 0 spiro atoms. The molecule has 0 saturated carbocycles. The lowest BCUT2D eigenvalue weighted by molar-refractivity contribution is -0.0694. The Morgan fingerprint density at radius 1 is 1.38 bits per heavy atom. The maximum Gasteiger partial charge on any atom is 0.356 e. The van der Waals surface area contributed by atoms with Gasteiger partial charge in [0.05, 0.1) is 0 Å². The third-order valence-electron chi connectivity index (χ3n) is 3.04. The van der Waals surface area contributed by atoms with Crippen LogP contribution >= 0.6 is 7.60 Å². The summed E-state index contributed by atoms with van der Waals surface area (Å²) in [7, 11) is -4.97. The smallest absolute Gasteiger partial charge is 0.356 e. The van der Waals surface area contributed by atoms with Crippen molar-refractivity contribution in [2.24, 2.45) is 0 Å². The Bertz CT molecular complexity index is 630. The molecule has 0 aliphatic carbocycles. The van der Waals surface area contributed by atoms with Gasteiger partial charge in [-0.25, -0.2) is 4.79 Å². The molecule has 0 radical (unpaired) electrons. The first-order valence-corrected chi connectivity index (χ1v) is 7.40. The number of nitrogens with zero attached hydrogens (tertiary/aromatic N) is 2. The summed E-state index contributed by atoms with van der Waals surface area (Å²) in [6.07, 6.45) is -5.60. The van der Waals surface area contributed by atoms with Gasteiger partial charge in [-0.3, -0.25) is 9.13 Å². The van der Waals surface area contributed by atoms with Gasteiger partial charge in [0.2, 0.25) is 0 Å². The molecule has 1 aliphatic heterocycles. The first-order valence-electron chi connectivity index (χ1n) is 5.72. The number of aromatic nitrogens is 2. The molecule has 1 unspecified atom stereocenters. The van der Waals surface area contributed by atoms with Crippen LogP contribution in [0.4, 0.5) is 5.82 Å². The van der Waals surface area contributed by atoms with Crippen LogP contribution in [0.25, 0.3) is 0 Å². The van der Waals surface area contributed by atoms with Crippen LogP contribution in [0, 0.1) is 0 Å². The maximum absolute atomic E-state index is 11.6. The lowest BCUT2D eigenvalue weighted by atomic mass is 10.1. The Kier molecular flexibility index (Phi) is 4.17. The zero-order valence-electron chi connectivity index (χ0n) is 10.4. The van der Waals surface area contributed by atoms with E-state index in [-0.39, 0.29) is 5.82 Å². The minimum absolute atomic E-state index is 0.0731. The van der Waals surface area contributed by atoms with E-state index in [2.05, 4.69) is 4.98 Å². The number of rotatable bonds is 3. The van der Waals surface area contributed by atoms with Crippen LogP contribution in [0.2, 0.25) is 0 Å². The van der Waals surface area contributed by atoms with Gasteiger partial charge >= 0.3 is 13.3 Å². The highest BCUT2D eigenvalue weighted by Gasteiger charge is 2.51. The molecule has 0 aromatic carbocycles. The van der Waals surface area contributed by atoms with Crippen molar-refractivity contribution < 1.29 is 34.4 Å². The van der Waals surface area contributed by atoms with E-state index >= 15 is 0 Å². The molecule has 1 fully saturated rings. The molecule has 1 aromatic heterocycles. The van der Waals surface area contributed by atoms with Crippen molar-refractivity contribution >= 4 is 13.4 Å². The molecule has 0 bridgehead atoms. The first kappa shape index (κ1) is 16.0. The fraction of sp³-hybridized carbons (Fsp3) is 0.556. The van der Waals surface area contributed by atoms with E-state index in [0.717, 1.165) is 10.8 Å². The topological polar surface area (TPSA) is 188 Å². The molecule has 21 heavy (non-hydrogen) atoms. The lowest BCUT2D eigenvalue weighted by Gasteiger charge is -2.21. The average Bonchev–Trinajstić information content (AvgIpc) is 2.65. The quantitative estimate of drug-likeness (QED) is 0.311. The van der Waals surface area contributed by atoms with Crippen LogP contribution in [0.1, 0.15) is 6.23 Å². The number of anilines is 1. The summed E-state index contributed by atoms with van der Waals surface area (Å²) in [4.78, 5) is 32.8. The second kappa shape index (κ2) is 5.46. The van der Waals surface area contributed by atoms with Gasteiger partial charge < -0.3 is 35.6 Å². The highest BCUT2D eigenvalue weighted by molar-refractivity contribution is 7.52. The number of ether oxygens (including phenoxy) is 1. The molecule has 1 saturated heterocycles. The second-order valence-electron chi connectivity index (χ2n) is 4.52. The number of hydrogen-bond acceptors (Lipinski definition) is 8. The molecular weight excluding hydrogens is 309 g/mol. The molecular formula is C9H14N3O8P. The highest BCUT2D eigenvalue weighted by atomic mass is 31.2. The Morgan fingerprint density at radius 3 is 2.52 bits per heavy atom. The molecule has 7 N–H and O–H groups in total. The fourth-order valence-electron chi connectivity index (χ4n) is 1.97. The standard InChI is InChI=1S/C9H14N3O8P/c10-3-1-2-12(9(16)11-3)7-5(14)4(13)6(20-7)8(15)21(17,18)19/h1-2,4-8,13-15H,(H2,10,11,16)(H2,17,18,19)/t4-,5+,6-,7+,8?/m0/s1. The third kappa shape index (κ3) is 2.99. The summed E-state index contributed by atoms with van der Waals surface area (Å²) in [5.74, 6) is -2.42. The van der Waals surface area contributed by atoms with E-state index in [1.807, 2.05) is 0 Å². The summed E-state index contributed by atoms with van der Waals surface area (Å²) in [5, 5.41) is 29.0. The van der Waals surface area contributed by atoms with Crippen molar-refractivity contribution in [2.45, 2.75) is 30.4 Å². The van der Waals surface area contributed by atoms with Crippen molar-refractivity contribution in [3.8, 4) is 0 Å². The molecule has 118 valence electrons. The Labute approximate surface area is 117 Å². The van der Waals surface area contributed by atoms with Crippen molar-refractivity contribution in [1.29, 1.82) is 0 Å². The Morgan fingerprint density at radius 2 is 2.00 bits per heavy atom. The van der Waals surface area contributed by atoms with E-state index in [0.29, 0.717) is 0 Å². The van der Waals surface area contributed by atoms with Crippen LogP contribution in [0.3, 0.4) is 0 Å². The number of nitrogen functional groups attached to an aromatic ring is 1. The SMILES string of the molecule is Nc1ccn([C@@H]2O[C@H](C(O)P(=O)(O)O)[C@@H](O)[C@H]2O)c(=O)n1. The Balaban J connectivity index is 2.32. The van der Waals surface area contributed by atoms with Gasteiger partial charge in [0.1, 0.15) is 24.1 Å². The maximum atomic E-state index is 11.6. The molecule has 12 heteroatoms. The van der Waals surface area contributed by atoms with Gasteiger partial charge in [0.15, 0.2) is 12.1 Å². The van der Waals surface area contributed by atoms with Gasteiger partial charge in [-0.2, -0.15) is 4.98 Å². The van der Waals surface area contributed by atoms with Gasteiger partial charge in [-0.15, -0.1) is 0 Å².